The molecule has 0 saturated carbocycles. The summed E-state index contributed by atoms with van der Waals surface area (Å²) in [5.41, 5.74) is 2.98. The van der Waals surface area contributed by atoms with Crippen LogP contribution in [0.15, 0.2) is 72.9 Å². The quantitative estimate of drug-likeness (QED) is 0.100. The lowest BCUT2D eigenvalue weighted by molar-refractivity contribution is -0.140. The Balaban J connectivity index is 1.34. The van der Waals surface area contributed by atoms with Gasteiger partial charge in [-0.3, -0.25) is 19.5 Å². The molecule has 0 spiro atoms. The van der Waals surface area contributed by atoms with E-state index >= 15 is 0 Å². The molecule has 0 aliphatic heterocycles. The summed E-state index contributed by atoms with van der Waals surface area (Å²) < 4.78 is 5.59. The van der Waals surface area contributed by atoms with E-state index in [1.807, 2.05) is 43.3 Å². The third-order valence-corrected chi connectivity index (χ3v) is 6.90. The number of ether oxygens (including phenoxy) is 1. The Labute approximate surface area is 251 Å². The van der Waals surface area contributed by atoms with Gasteiger partial charge < -0.3 is 20.1 Å². The summed E-state index contributed by atoms with van der Waals surface area (Å²) in [6.45, 7) is 8.42. The summed E-state index contributed by atoms with van der Waals surface area (Å²) in [4.78, 5) is 51.9. The van der Waals surface area contributed by atoms with Gasteiger partial charge in [0.25, 0.3) is 0 Å². The Morgan fingerprint density at radius 1 is 1.00 bits per heavy atom. The molecule has 1 amide bonds. The molecule has 0 saturated heterocycles. The molecule has 10 nitrogen and oxygen atoms in total. The SMILES string of the molecule is CC(NCCCC(C(=O)O)C(=O)c1ccc(CN(Cc2ccccn2)C(=O)OC(C)(C)C)cc1)c1nc2ccccc2[nH]1. The van der Waals surface area contributed by atoms with Crippen LogP contribution in [0.1, 0.15) is 74.0 Å². The maximum absolute atomic E-state index is 13.2. The van der Waals surface area contributed by atoms with Crippen molar-refractivity contribution in [1.82, 2.24) is 25.2 Å². The number of para-hydroxylation sites is 2. The molecule has 4 rings (SSSR count). The second-order valence-corrected chi connectivity index (χ2v) is 11.6. The molecular formula is C33H39N5O5. The average Bonchev–Trinajstić information content (AvgIpc) is 3.41. The van der Waals surface area contributed by atoms with Gasteiger partial charge in [-0.2, -0.15) is 0 Å². The number of imidazole rings is 1. The number of amides is 1. The van der Waals surface area contributed by atoms with Gasteiger partial charge in [-0.15, -0.1) is 0 Å². The summed E-state index contributed by atoms with van der Waals surface area (Å²) in [5.74, 6) is -1.94. The van der Waals surface area contributed by atoms with Gasteiger partial charge in [-0.25, -0.2) is 9.78 Å². The number of ketones is 1. The smallest absolute Gasteiger partial charge is 0.410 e. The summed E-state index contributed by atoms with van der Waals surface area (Å²) in [5, 5.41) is 13.2. The number of aromatic amines is 1. The van der Waals surface area contributed by atoms with E-state index in [2.05, 4.69) is 20.3 Å². The number of nitrogens with zero attached hydrogens (tertiary/aromatic N) is 3. The first-order valence-corrected chi connectivity index (χ1v) is 14.4. The van der Waals surface area contributed by atoms with E-state index in [9.17, 15) is 19.5 Å². The highest BCUT2D eigenvalue weighted by atomic mass is 16.6. The number of carbonyl (C=O) groups excluding carboxylic acids is 2. The van der Waals surface area contributed by atoms with Gasteiger partial charge in [0.15, 0.2) is 5.78 Å². The van der Waals surface area contributed by atoms with Crippen LogP contribution in [0.25, 0.3) is 11.0 Å². The van der Waals surface area contributed by atoms with Gasteiger partial charge in [-0.1, -0.05) is 42.5 Å². The lowest BCUT2D eigenvalue weighted by Crippen LogP contribution is -2.36. The highest BCUT2D eigenvalue weighted by Crippen LogP contribution is 2.20. The van der Waals surface area contributed by atoms with Crippen LogP contribution in [0.4, 0.5) is 4.79 Å². The van der Waals surface area contributed by atoms with Crippen molar-refractivity contribution in [2.24, 2.45) is 5.92 Å². The fourth-order valence-corrected chi connectivity index (χ4v) is 4.66. The monoisotopic (exact) mass is 585 g/mol. The highest BCUT2D eigenvalue weighted by molar-refractivity contribution is 6.08. The molecule has 3 N–H and O–H groups in total. The zero-order chi connectivity index (χ0) is 31.0. The van der Waals surface area contributed by atoms with E-state index in [0.29, 0.717) is 24.2 Å². The lowest BCUT2D eigenvalue weighted by atomic mass is 9.92. The minimum absolute atomic E-state index is 0.0585. The van der Waals surface area contributed by atoms with Gasteiger partial charge in [0.1, 0.15) is 17.3 Å². The molecule has 2 aromatic carbocycles. The molecule has 0 fully saturated rings. The van der Waals surface area contributed by atoms with Crippen LogP contribution in [-0.2, 0) is 22.6 Å². The van der Waals surface area contributed by atoms with Crippen molar-refractivity contribution in [1.29, 1.82) is 0 Å². The zero-order valence-electron chi connectivity index (χ0n) is 25.0. The number of carbonyl (C=O) groups is 3. The Hall–Kier alpha value is -4.57. The van der Waals surface area contributed by atoms with E-state index in [1.165, 1.54) is 0 Å². The molecule has 2 atom stereocenters. The summed E-state index contributed by atoms with van der Waals surface area (Å²) in [6, 6.07) is 19.9. The van der Waals surface area contributed by atoms with E-state index in [1.54, 1.807) is 62.2 Å². The summed E-state index contributed by atoms with van der Waals surface area (Å²) in [7, 11) is 0. The molecule has 0 bridgehead atoms. The van der Waals surface area contributed by atoms with Crippen LogP contribution < -0.4 is 5.32 Å². The lowest BCUT2D eigenvalue weighted by Gasteiger charge is -2.27. The van der Waals surface area contributed by atoms with Gasteiger partial charge >= 0.3 is 12.1 Å². The fraction of sp³-hybridized carbons (Fsp3) is 0.364. The van der Waals surface area contributed by atoms with Crippen LogP contribution in [-0.4, -0.2) is 54.9 Å². The summed E-state index contributed by atoms with van der Waals surface area (Å²) >= 11 is 0. The highest BCUT2D eigenvalue weighted by Gasteiger charge is 2.27. The number of H-pyrrole nitrogens is 1. The van der Waals surface area contributed by atoms with Crippen LogP contribution in [0.3, 0.4) is 0 Å². The van der Waals surface area contributed by atoms with Crippen molar-refractivity contribution in [3.63, 3.8) is 0 Å². The Bertz CT molecular complexity index is 1500. The van der Waals surface area contributed by atoms with Gasteiger partial charge in [0.05, 0.1) is 29.3 Å². The minimum Gasteiger partial charge on any atom is -0.481 e. The zero-order valence-corrected chi connectivity index (χ0v) is 25.0. The number of benzene rings is 2. The van der Waals surface area contributed by atoms with Crippen LogP contribution >= 0.6 is 0 Å². The van der Waals surface area contributed by atoms with Crippen molar-refractivity contribution in [2.45, 2.75) is 65.3 Å². The predicted octanol–water partition coefficient (Wildman–Crippen LogP) is 5.91. The maximum atomic E-state index is 13.2. The minimum atomic E-state index is -1.16. The third kappa shape index (κ3) is 8.96. The van der Waals surface area contributed by atoms with Gasteiger partial charge in [-0.05, 0) is 76.9 Å². The average molecular weight is 586 g/mol. The number of carboxylic acid groups (broad SMARTS) is 1. The van der Waals surface area contributed by atoms with Crippen molar-refractivity contribution >= 4 is 28.9 Å². The van der Waals surface area contributed by atoms with Crippen molar-refractivity contribution in [2.75, 3.05) is 6.54 Å². The number of fused-ring (bicyclic) bond motifs is 1. The van der Waals surface area contributed by atoms with E-state index in [0.717, 1.165) is 22.4 Å². The normalized spacial score (nSPS) is 12.9. The van der Waals surface area contributed by atoms with Gasteiger partial charge in [0.2, 0.25) is 0 Å². The molecule has 2 aromatic heterocycles. The molecule has 0 aliphatic rings. The molecule has 43 heavy (non-hydrogen) atoms. The molecule has 226 valence electrons. The van der Waals surface area contributed by atoms with E-state index in [-0.39, 0.29) is 25.6 Å². The molecule has 0 aliphatic carbocycles. The second kappa shape index (κ2) is 14.1. The first-order valence-electron chi connectivity index (χ1n) is 14.4. The maximum Gasteiger partial charge on any atom is 0.410 e. The Morgan fingerprint density at radius 2 is 1.72 bits per heavy atom. The fourth-order valence-electron chi connectivity index (χ4n) is 4.66. The Morgan fingerprint density at radius 3 is 2.37 bits per heavy atom. The largest absolute Gasteiger partial charge is 0.481 e. The van der Waals surface area contributed by atoms with Crippen molar-refractivity contribution in [3.8, 4) is 0 Å². The summed E-state index contributed by atoms with van der Waals surface area (Å²) in [6.07, 6.45) is 1.89. The van der Waals surface area contributed by atoms with Gasteiger partial charge in [0, 0.05) is 18.3 Å². The van der Waals surface area contributed by atoms with Crippen LogP contribution in [0, 0.1) is 5.92 Å². The number of rotatable bonds is 13. The van der Waals surface area contributed by atoms with Crippen LogP contribution in [0.2, 0.25) is 0 Å². The molecule has 0 radical (unpaired) electrons. The molecule has 10 heteroatoms. The molecule has 2 unspecified atom stereocenters. The van der Waals surface area contributed by atoms with E-state index < -0.39 is 29.4 Å². The number of nitrogens with one attached hydrogen (secondary N) is 2. The first-order chi connectivity index (χ1) is 20.5. The predicted molar refractivity (Wildman–Crippen MR) is 163 cm³/mol. The third-order valence-electron chi connectivity index (χ3n) is 6.90. The number of carboxylic acids is 1. The number of hydrogen-bond acceptors (Lipinski definition) is 7. The molecule has 2 heterocycles. The standard InChI is InChI=1S/C33H39N5O5/c1-22(30-36-27-12-5-6-13-28(27)37-30)34-19-9-11-26(31(40)41)29(39)24-16-14-23(15-17-24)20-38(32(42)43-33(2,3)4)21-25-10-7-8-18-35-25/h5-8,10,12-18,22,26,34H,9,11,19-21H2,1-4H3,(H,36,37)(H,40,41). The first kappa shape index (κ1) is 31.4. The van der Waals surface area contributed by atoms with Crippen molar-refractivity contribution in [3.05, 3.63) is 95.6 Å². The number of aliphatic carboxylic acids is 1. The molecule has 4 aromatic rings. The topological polar surface area (TPSA) is 138 Å². The van der Waals surface area contributed by atoms with E-state index in [4.69, 9.17) is 4.74 Å². The second-order valence-electron chi connectivity index (χ2n) is 11.6. The number of hydrogen-bond donors (Lipinski definition) is 3. The van der Waals surface area contributed by atoms with Crippen molar-refractivity contribution < 1.29 is 24.2 Å². The number of pyridine rings is 1. The van der Waals surface area contributed by atoms with Crippen LogP contribution in [0.5, 0.6) is 0 Å². The number of aromatic nitrogens is 3. The number of Topliss-reactive ketones (excluding diaryl/α,β-unsaturated/α-hetero) is 1. The molecular weight excluding hydrogens is 546 g/mol. The Kier molecular flexibility index (Phi) is 10.3.